The largest absolute Gasteiger partial charge is 0.355 e. The van der Waals surface area contributed by atoms with Gasteiger partial charge in [0.15, 0.2) is 0 Å². The van der Waals surface area contributed by atoms with Crippen LogP contribution in [0.15, 0.2) is 0 Å². The molecule has 96 valence electrons. The first kappa shape index (κ1) is 16.0. The minimum Gasteiger partial charge on any atom is -0.355 e. The molecule has 0 spiro atoms. The fourth-order valence-electron chi connectivity index (χ4n) is 1.47. The number of carbonyl (C=O) groups excluding carboxylic acids is 1. The van der Waals surface area contributed by atoms with E-state index in [1.54, 1.807) is 0 Å². The Morgan fingerprint density at radius 2 is 2.31 bits per heavy atom. The van der Waals surface area contributed by atoms with E-state index in [2.05, 4.69) is 15.5 Å². The van der Waals surface area contributed by atoms with Gasteiger partial charge < -0.3 is 15.5 Å². The number of halogens is 1. The van der Waals surface area contributed by atoms with Crippen LogP contribution in [0.1, 0.15) is 6.42 Å². The van der Waals surface area contributed by atoms with E-state index in [9.17, 15) is 4.79 Å². The molecule has 1 unspecified atom stereocenters. The summed E-state index contributed by atoms with van der Waals surface area (Å²) in [6.07, 6.45) is 0.612. The first-order valence-corrected chi connectivity index (χ1v) is 6.56. The zero-order valence-electron chi connectivity index (χ0n) is 9.99. The van der Waals surface area contributed by atoms with Crippen molar-refractivity contribution in [3.8, 4) is 0 Å². The Morgan fingerprint density at radius 1 is 1.56 bits per heavy atom. The molecule has 0 aliphatic carbocycles. The van der Waals surface area contributed by atoms with Crippen molar-refractivity contribution in [1.82, 2.24) is 15.5 Å². The van der Waals surface area contributed by atoms with Crippen molar-refractivity contribution in [3.63, 3.8) is 0 Å². The number of hydrogen-bond donors (Lipinski definition) is 2. The van der Waals surface area contributed by atoms with Gasteiger partial charge in [-0.15, -0.1) is 12.4 Å². The first-order valence-electron chi connectivity index (χ1n) is 5.41. The Labute approximate surface area is 108 Å². The second kappa shape index (κ2) is 9.10. The van der Waals surface area contributed by atoms with Gasteiger partial charge in [-0.05, 0) is 14.1 Å². The maximum atomic E-state index is 11.5. The van der Waals surface area contributed by atoms with E-state index in [0.29, 0.717) is 12.5 Å². The third-order valence-corrected chi connectivity index (χ3v) is 3.44. The molecule has 0 bridgehead atoms. The Balaban J connectivity index is 0.00000225. The van der Waals surface area contributed by atoms with Crippen LogP contribution in [-0.4, -0.2) is 62.1 Å². The molecule has 2 N–H and O–H groups in total. The van der Waals surface area contributed by atoms with Crippen molar-refractivity contribution in [1.29, 1.82) is 0 Å². The van der Waals surface area contributed by atoms with Crippen molar-refractivity contribution in [2.75, 3.05) is 45.2 Å². The second-order valence-corrected chi connectivity index (χ2v) is 5.23. The summed E-state index contributed by atoms with van der Waals surface area (Å²) >= 11 is 1.92. The lowest BCUT2D eigenvalue weighted by Gasteiger charge is -2.22. The first-order chi connectivity index (χ1) is 7.18. The van der Waals surface area contributed by atoms with Crippen molar-refractivity contribution < 1.29 is 4.79 Å². The van der Waals surface area contributed by atoms with Gasteiger partial charge in [0.1, 0.15) is 0 Å². The van der Waals surface area contributed by atoms with Crippen molar-refractivity contribution in [3.05, 3.63) is 0 Å². The molecule has 1 atom stereocenters. The van der Waals surface area contributed by atoms with E-state index in [-0.39, 0.29) is 18.3 Å². The van der Waals surface area contributed by atoms with Crippen LogP contribution in [-0.2, 0) is 4.79 Å². The second-order valence-electron chi connectivity index (χ2n) is 4.08. The van der Waals surface area contributed by atoms with Gasteiger partial charge in [0, 0.05) is 43.6 Å². The van der Waals surface area contributed by atoms with E-state index < -0.39 is 0 Å². The number of nitrogens with one attached hydrogen (secondary N) is 2. The van der Waals surface area contributed by atoms with Crippen LogP contribution in [0.2, 0.25) is 0 Å². The van der Waals surface area contributed by atoms with Gasteiger partial charge in [-0.2, -0.15) is 11.8 Å². The zero-order valence-corrected chi connectivity index (χ0v) is 11.6. The maximum Gasteiger partial charge on any atom is 0.221 e. The molecule has 0 aromatic carbocycles. The molecule has 1 aliphatic heterocycles. The average Bonchev–Trinajstić information content (AvgIpc) is 2.18. The topological polar surface area (TPSA) is 44.4 Å². The molecule has 0 saturated carbocycles. The predicted molar refractivity (Wildman–Crippen MR) is 72.5 cm³/mol. The summed E-state index contributed by atoms with van der Waals surface area (Å²) in [7, 11) is 4.01. The summed E-state index contributed by atoms with van der Waals surface area (Å²) in [6.45, 7) is 2.67. The van der Waals surface area contributed by atoms with Crippen LogP contribution < -0.4 is 10.6 Å². The molecule has 1 fully saturated rings. The lowest BCUT2D eigenvalue weighted by Crippen LogP contribution is -2.42. The molecule has 1 heterocycles. The smallest absolute Gasteiger partial charge is 0.221 e. The highest BCUT2D eigenvalue weighted by Crippen LogP contribution is 2.09. The van der Waals surface area contributed by atoms with Gasteiger partial charge in [0.25, 0.3) is 0 Å². The van der Waals surface area contributed by atoms with E-state index in [1.807, 2.05) is 25.9 Å². The SMILES string of the molecule is CN(C)CCNC(=O)CC1CSCCN1.Cl. The quantitative estimate of drug-likeness (QED) is 0.746. The number of amides is 1. The lowest BCUT2D eigenvalue weighted by atomic mass is 10.2. The van der Waals surface area contributed by atoms with Gasteiger partial charge in [-0.25, -0.2) is 0 Å². The summed E-state index contributed by atoms with van der Waals surface area (Å²) in [5, 5.41) is 6.29. The molecule has 1 aliphatic rings. The van der Waals surface area contributed by atoms with Crippen LogP contribution in [0, 0.1) is 0 Å². The molecule has 1 saturated heterocycles. The number of thioether (sulfide) groups is 1. The fraction of sp³-hybridized carbons (Fsp3) is 0.900. The van der Waals surface area contributed by atoms with Crippen LogP contribution >= 0.6 is 24.2 Å². The monoisotopic (exact) mass is 267 g/mol. The van der Waals surface area contributed by atoms with Crippen molar-refractivity contribution in [2.24, 2.45) is 0 Å². The van der Waals surface area contributed by atoms with Crippen LogP contribution in [0.5, 0.6) is 0 Å². The third-order valence-electron chi connectivity index (χ3n) is 2.31. The molecule has 0 aromatic heterocycles. The standard InChI is InChI=1S/C10H21N3OS.ClH/c1-13(2)5-3-12-10(14)7-9-8-15-6-4-11-9;/h9,11H,3-8H2,1-2H3,(H,12,14);1H. The van der Waals surface area contributed by atoms with E-state index >= 15 is 0 Å². The van der Waals surface area contributed by atoms with Gasteiger partial charge in [-0.1, -0.05) is 0 Å². The lowest BCUT2D eigenvalue weighted by molar-refractivity contribution is -0.121. The third kappa shape index (κ3) is 7.33. The van der Waals surface area contributed by atoms with E-state index in [4.69, 9.17) is 0 Å². The zero-order chi connectivity index (χ0) is 11.1. The Hall–Kier alpha value is 0.0300. The number of rotatable bonds is 5. The minimum absolute atomic E-state index is 0. The Morgan fingerprint density at radius 3 is 2.88 bits per heavy atom. The summed E-state index contributed by atoms with van der Waals surface area (Å²) in [4.78, 5) is 13.6. The van der Waals surface area contributed by atoms with Gasteiger partial charge in [0.2, 0.25) is 5.91 Å². The highest BCUT2D eigenvalue weighted by Gasteiger charge is 2.16. The molecular weight excluding hydrogens is 246 g/mol. The number of likely N-dealkylation sites (N-methyl/N-ethyl adjacent to an activating group) is 1. The summed E-state index contributed by atoms with van der Waals surface area (Å²) in [5.74, 6) is 2.39. The van der Waals surface area contributed by atoms with Gasteiger partial charge >= 0.3 is 0 Å². The van der Waals surface area contributed by atoms with Crippen LogP contribution in [0.4, 0.5) is 0 Å². The van der Waals surface area contributed by atoms with E-state index in [0.717, 1.165) is 25.4 Å². The Kier molecular flexibility index (Phi) is 9.12. The predicted octanol–water partition coefficient (Wildman–Crippen LogP) is 0.181. The molecular formula is C10H22ClN3OS. The van der Waals surface area contributed by atoms with Crippen LogP contribution in [0.25, 0.3) is 0 Å². The Bertz CT molecular complexity index is 199. The number of carbonyl (C=O) groups is 1. The molecule has 1 amide bonds. The molecule has 1 rings (SSSR count). The highest BCUT2D eigenvalue weighted by atomic mass is 35.5. The minimum atomic E-state index is 0. The summed E-state index contributed by atoms with van der Waals surface area (Å²) in [6, 6.07) is 0.364. The van der Waals surface area contributed by atoms with Crippen molar-refractivity contribution in [2.45, 2.75) is 12.5 Å². The maximum absolute atomic E-state index is 11.5. The fourth-order valence-corrected chi connectivity index (χ4v) is 2.41. The summed E-state index contributed by atoms with van der Waals surface area (Å²) in [5.41, 5.74) is 0. The molecule has 4 nitrogen and oxygen atoms in total. The van der Waals surface area contributed by atoms with Crippen molar-refractivity contribution >= 4 is 30.1 Å². The molecule has 16 heavy (non-hydrogen) atoms. The van der Waals surface area contributed by atoms with Gasteiger partial charge in [-0.3, -0.25) is 4.79 Å². The van der Waals surface area contributed by atoms with Gasteiger partial charge in [0.05, 0.1) is 0 Å². The number of nitrogens with zero attached hydrogens (tertiary/aromatic N) is 1. The molecule has 0 aromatic rings. The highest BCUT2D eigenvalue weighted by molar-refractivity contribution is 7.99. The molecule has 0 radical (unpaired) electrons. The number of hydrogen-bond acceptors (Lipinski definition) is 4. The summed E-state index contributed by atoms with van der Waals surface area (Å²) < 4.78 is 0. The van der Waals surface area contributed by atoms with Crippen LogP contribution in [0.3, 0.4) is 0 Å². The average molecular weight is 268 g/mol. The molecule has 6 heteroatoms. The normalized spacial score (nSPS) is 20.3. The van der Waals surface area contributed by atoms with E-state index in [1.165, 1.54) is 5.75 Å².